The number of hydrazine groups is 1. The highest BCUT2D eigenvalue weighted by Gasteiger charge is 2.23. The molecule has 7 heteroatoms. The van der Waals surface area contributed by atoms with Crippen LogP contribution in [0.5, 0.6) is 0 Å². The lowest BCUT2D eigenvalue weighted by atomic mass is 10.1. The molecule has 0 radical (unpaired) electrons. The van der Waals surface area contributed by atoms with Gasteiger partial charge in [-0.25, -0.2) is 0 Å². The summed E-state index contributed by atoms with van der Waals surface area (Å²) in [7, 11) is 0. The van der Waals surface area contributed by atoms with Crippen molar-refractivity contribution in [1.82, 2.24) is 5.32 Å². The van der Waals surface area contributed by atoms with Crippen LogP contribution in [-0.2, 0) is 0 Å². The van der Waals surface area contributed by atoms with Gasteiger partial charge >= 0.3 is 5.69 Å². The van der Waals surface area contributed by atoms with E-state index in [1.807, 2.05) is 13.8 Å². The molecule has 0 heterocycles. The maximum absolute atomic E-state index is 11.9. The number of anilines is 1. The summed E-state index contributed by atoms with van der Waals surface area (Å²) < 4.78 is 0. The molecule has 1 rings (SSSR count). The first-order valence-corrected chi connectivity index (χ1v) is 5.99. The molecule has 0 aliphatic rings. The molecule has 0 saturated carbocycles. The SMILES string of the molecule is CC(C)CCNC(=O)c1cccc(NN)c1[N+](=O)[O-]. The van der Waals surface area contributed by atoms with Gasteiger partial charge in [0.1, 0.15) is 11.3 Å². The van der Waals surface area contributed by atoms with Gasteiger partial charge in [-0.1, -0.05) is 19.9 Å². The maximum atomic E-state index is 11.9. The Morgan fingerprint density at radius 2 is 2.16 bits per heavy atom. The molecule has 104 valence electrons. The monoisotopic (exact) mass is 266 g/mol. The van der Waals surface area contributed by atoms with Crippen LogP contribution in [0.3, 0.4) is 0 Å². The summed E-state index contributed by atoms with van der Waals surface area (Å²) in [5, 5.41) is 13.7. The lowest BCUT2D eigenvalue weighted by Gasteiger charge is -2.09. The van der Waals surface area contributed by atoms with Gasteiger partial charge in [0.05, 0.1) is 4.92 Å². The second kappa shape index (κ2) is 6.69. The van der Waals surface area contributed by atoms with Crippen molar-refractivity contribution in [1.29, 1.82) is 0 Å². The number of carbonyl (C=O) groups is 1. The first-order valence-electron chi connectivity index (χ1n) is 5.99. The number of nitrogens with one attached hydrogen (secondary N) is 2. The van der Waals surface area contributed by atoms with E-state index < -0.39 is 10.8 Å². The summed E-state index contributed by atoms with van der Waals surface area (Å²) in [6.45, 7) is 4.55. The van der Waals surface area contributed by atoms with E-state index in [0.29, 0.717) is 12.5 Å². The average Bonchev–Trinajstić information content (AvgIpc) is 2.36. The van der Waals surface area contributed by atoms with E-state index in [1.165, 1.54) is 12.1 Å². The van der Waals surface area contributed by atoms with Crippen molar-refractivity contribution >= 4 is 17.3 Å². The van der Waals surface area contributed by atoms with Crippen LogP contribution in [0, 0.1) is 16.0 Å². The van der Waals surface area contributed by atoms with E-state index in [9.17, 15) is 14.9 Å². The highest BCUT2D eigenvalue weighted by molar-refractivity contribution is 6.00. The molecule has 1 aromatic carbocycles. The Morgan fingerprint density at radius 3 is 2.68 bits per heavy atom. The number of amides is 1. The van der Waals surface area contributed by atoms with Crippen LogP contribution in [-0.4, -0.2) is 17.4 Å². The minimum Gasteiger partial charge on any atom is -0.352 e. The summed E-state index contributed by atoms with van der Waals surface area (Å²) in [5.41, 5.74) is 2.03. The molecule has 0 aromatic heterocycles. The van der Waals surface area contributed by atoms with E-state index in [1.54, 1.807) is 6.07 Å². The molecule has 0 aliphatic heterocycles. The molecule has 0 unspecified atom stereocenters. The van der Waals surface area contributed by atoms with Crippen LogP contribution in [0.4, 0.5) is 11.4 Å². The first kappa shape index (κ1) is 14.9. The zero-order chi connectivity index (χ0) is 14.4. The fourth-order valence-electron chi connectivity index (χ4n) is 1.61. The van der Waals surface area contributed by atoms with Crippen LogP contribution in [0.15, 0.2) is 18.2 Å². The molecule has 0 bridgehead atoms. The fraction of sp³-hybridized carbons (Fsp3) is 0.417. The quantitative estimate of drug-likeness (QED) is 0.412. The molecule has 4 N–H and O–H groups in total. The number of nitrogens with zero attached hydrogens (tertiary/aromatic N) is 1. The second-order valence-corrected chi connectivity index (χ2v) is 4.54. The number of benzene rings is 1. The van der Waals surface area contributed by atoms with E-state index in [-0.39, 0.29) is 16.9 Å². The molecule has 1 amide bonds. The number of nitrogens with two attached hydrogens (primary N) is 1. The van der Waals surface area contributed by atoms with Crippen molar-refractivity contribution in [2.24, 2.45) is 11.8 Å². The Kier molecular flexibility index (Phi) is 5.25. The van der Waals surface area contributed by atoms with Crippen molar-refractivity contribution in [3.63, 3.8) is 0 Å². The maximum Gasteiger partial charge on any atom is 0.306 e. The second-order valence-electron chi connectivity index (χ2n) is 4.54. The minimum absolute atomic E-state index is 0.00389. The van der Waals surface area contributed by atoms with Crippen LogP contribution in [0.2, 0.25) is 0 Å². The van der Waals surface area contributed by atoms with E-state index in [0.717, 1.165) is 6.42 Å². The molecule has 0 fully saturated rings. The number of carbonyl (C=O) groups excluding carboxylic acids is 1. The molecule has 0 spiro atoms. The number of para-hydroxylation sites is 1. The van der Waals surface area contributed by atoms with Crippen LogP contribution in [0.25, 0.3) is 0 Å². The van der Waals surface area contributed by atoms with Gasteiger partial charge in [-0.15, -0.1) is 0 Å². The van der Waals surface area contributed by atoms with Gasteiger partial charge in [0.2, 0.25) is 0 Å². The molecular weight excluding hydrogens is 248 g/mol. The zero-order valence-corrected chi connectivity index (χ0v) is 11.0. The smallest absolute Gasteiger partial charge is 0.306 e. The van der Waals surface area contributed by atoms with Crippen LogP contribution in [0.1, 0.15) is 30.6 Å². The Morgan fingerprint density at radius 1 is 1.47 bits per heavy atom. The summed E-state index contributed by atoms with van der Waals surface area (Å²) >= 11 is 0. The Hall–Kier alpha value is -2.15. The third kappa shape index (κ3) is 3.92. The topological polar surface area (TPSA) is 110 Å². The highest BCUT2D eigenvalue weighted by Crippen LogP contribution is 2.27. The van der Waals surface area contributed by atoms with Crippen molar-refractivity contribution in [2.75, 3.05) is 12.0 Å². The summed E-state index contributed by atoms with van der Waals surface area (Å²) in [5.74, 6) is 5.19. The van der Waals surface area contributed by atoms with E-state index >= 15 is 0 Å². The van der Waals surface area contributed by atoms with Gasteiger partial charge < -0.3 is 10.7 Å². The molecule has 0 saturated heterocycles. The molecule has 0 atom stereocenters. The molecule has 7 nitrogen and oxygen atoms in total. The van der Waals surface area contributed by atoms with Crippen LogP contribution >= 0.6 is 0 Å². The van der Waals surface area contributed by atoms with Crippen molar-refractivity contribution in [3.05, 3.63) is 33.9 Å². The van der Waals surface area contributed by atoms with Gasteiger partial charge in [0.15, 0.2) is 0 Å². The zero-order valence-electron chi connectivity index (χ0n) is 11.0. The fourth-order valence-corrected chi connectivity index (χ4v) is 1.61. The Bertz CT molecular complexity index is 474. The predicted molar refractivity (Wildman–Crippen MR) is 72.7 cm³/mol. The van der Waals surface area contributed by atoms with Crippen molar-refractivity contribution in [2.45, 2.75) is 20.3 Å². The normalized spacial score (nSPS) is 10.3. The van der Waals surface area contributed by atoms with E-state index in [4.69, 9.17) is 5.84 Å². The van der Waals surface area contributed by atoms with Crippen molar-refractivity contribution < 1.29 is 9.72 Å². The Balaban J connectivity index is 2.93. The number of nitro groups is 1. The third-order valence-corrected chi connectivity index (χ3v) is 2.63. The summed E-state index contributed by atoms with van der Waals surface area (Å²) in [6.07, 6.45) is 0.814. The lowest BCUT2D eigenvalue weighted by molar-refractivity contribution is -0.384. The third-order valence-electron chi connectivity index (χ3n) is 2.63. The molecular formula is C12H18N4O3. The lowest BCUT2D eigenvalue weighted by Crippen LogP contribution is -2.26. The predicted octanol–water partition coefficient (Wildman–Crippen LogP) is 1.66. The number of nitrogen functional groups attached to an aromatic ring is 1. The molecule has 1 aromatic rings. The summed E-state index contributed by atoms with van der Waals surface area (Å²) in [4.78, 5) is 22.3. The standard InChI is InChI=1S/C12H18N4O3/c1-8(2)6-7-14-12(17)9-4-3-5-10(15-13)11(9)16(18)19/h3-5,8,15H,6-7,13H2,1-2H3,(H,14,17). The Labute approximate surface area is 111 Å². The number of nitro benzene ring substituents is 1. The number of rotatable bonds is 6. The van der Waals surface area contributed by atoms with Gasteiger partial charge in [0.25, 0.3) is 5.91 Å². The largest absolute Gasteiger partial charge is 0.352 e. The van der Waals surface area contributed by atoms with Gasteiger partial charge in [-0.2, -0.15) is 0 Å². The van der Waals surface area contributed by atoms with Crippen molar-refractivity contribution in [3.8, 4) is 0 Å². The van der Waals surface area contributed by atoms with Gasteiger partial charge in [0, 0.05) is 6.54 Å². The molecule has 19 heavy (non-hydrogen) atoms. The van der Waals surface area contributed by atoms with Gasteiger partial charge in [-0.3, -0.25) is 20.8 Å². The van der Waals surface area contributed by atoms with Crippen LogP contribution < -0.4 is 16.6 Å². The average molecular weight is 266 g/mol. The van der Waals surface area contributed by atoms with E-state index in [2.05, 4.69) is 10.7 Å². The summed E-state index contributed by atoms with van der Waals surface area (Å²) in [6, 6.07) is 4.40. The molecule has 0 aliphatic carbocycles. The van der Waals surface area contributed by atoms with Gasteiger partial charge in [-0.05, 0) is 24.5 Å². The minimum atomic E-state index is -0.618. The number of hydrogen-bond acceptors (Lipinski definition) is 5. The number of hydrogen-bond donors (Lipinski definition) is 3. The highest BCUT2D eigenvalue weighted by atomic mass is 16.6. The first-order chi connectivity index (χ1) is 8.97.